The number of ether oxygens (including phenoxy) is 2. The van der Waals surface area contributed by atoms with Gasteiger partial charge in [-0.3, -0.25) is 14.7 Å². The Balaban J connectivity index is 1.87. The zero-order valence-corrected chi connectivity index (χ0v) is 13.7. The molecule has 6 heteroatoms. The fraction of sp³-hybridized carbons (Fsp3) is 0.333. The van der Waals surface area contributed by atoms with Gasteiger partial charge in [0.25, 0.3) is 0 Å². The van der Waals surface area contributed by atoms with Gasteiger partial charge < -0.3 is 14.6 Å². The normalized spacial score (nSPS) is 14.5. The van der Waals surface area contributed by atoms with Gasteiger partial charge in [0.1, 0.15) is 19.3 Å². The Labute approximate surface area is 140 Å². The van der Waals surface area contributed by atoms with E-state index in [2.05, 4.69) is 4.98 Å². The fourth-order valence-corrected chi connectivity index (χ4v) is 2.86. The van der Waals surface area contributed by atoms with Crippen LogP contribution in [0.25, 0.3) is 0 Å². The minimum absolute atomic E-state index is 0.472. The number of rotatable bonds is 5. The number of carboxylic acid groups (broad SMARTS) is 1. The molecule has 126 valence electrons. The van der Waals surface area contributed by atoms with Crippen LogP contribution in [0, 0.1) is 6.92 Å². The average molecular weight is 328 g/mol. The lowest BCUT2D eigenvalue weighted by atomic mass is 10.0. The first kappa shape index (κ1) is 16.3. The average Bonchev–Trinajstić information content (AvgIpc) is 2.56. The first-order valence-electron chi connectivity index (χ1n) is 7.78. The number of carboxylic acids is 1. The third kappa shape index (κ3) is 3.33. The standard InChI is InChI=1S/C18H20N2O4/c1-12-10-19-6-5-14(12)11-20(2)17(18(21)22)13-3-4-15-16(9-13)24-8-7-23-15/h3-6,9-10,17H,7-8,11H2,1-2H3,(H,21,22)/t17-/m1/s1. The third-order valence-electron chi connectivity index (χ3n) is 4.11. The number of aryl methyl sites for hydroxylation is 1. The van der Waals surface area contributed by atoms with Gasteiger partial charge in [-0.25, -0.2) is 0 Å². The smallest absolute Gasteiger partial charge is 0.325 e. The molecule has 1 aliphatic heterocycles. The van der Waals surface area contributed by atoms with Gasteiger partial charge in [0.2, 0.25) is 0 Å². The van der Waals surface area contributed by atoms with Crippen molar-refractivity contribution in [1.29, 1.82) is 0 Å². The van der Waals surface area contributed by atoms with E-state index in [1.165, 1.54) is 0 Å². The Bertz CT molecular complexity index is 748. The topological polar surface area (TPSA) is 71.9 Å². The van der Waals surface area contributed by atoms with E-state index in [1.54, 1.807) is 42.5 Å². The Morgan fingerprint density at radius 1 is 1.29 bits per heavy atom. The van der Waals surface area contributed by atoms with E-state index in [9.17, 15) is 9.90 Å². The van der Waals surface area contributed by atoms with Crippen LogP contribution >= 0.6 is 0 Å². The molecule has 0 amide bonds. The van der Waals surface area contributed by atoms with Crippen LogP contribution in [-0.4, -0.2) is 41.2 Å². The van der Waals surface area contributed by atoms with Crippen LogP contribution in [0.1, 0.15) is 22.7 Å². The lowest BCUT2D eigenvalue weighted by Gasteiger charge is -2.27. The molecule has 1 aliphatic rings. The summed E-state index contributed by atoms with van der Waals surface area (Å²) in [6.07, 6.45) is 3.50. The monoisotopic (exact) mass is 328 g/mol. The number of carbonyl (C=O) groups is 1. The van der Waals surface area contributed by atoms with Crippen molar-refractivity contribution in [3.63, 3.8) is 0 Å². The van der Waals surface area contributed by atoms with Gasteiger partial charge in [0, 0.05) is 18.9 Å². The first-order valence-corrected chi connectivity index (χ1v) is 7.78. The number of nitrogens with zero attached hydrogens (tertiary/aromatic N) is 2. The fourth-order valence-electron chi connectivity index (χ4n) is 2.86. The van der Waals surface area contributed by atoms with E-state index in [4.69, 9.17) is 9.47 Å². The van der Waals surface area contributed by atoms with Crippen LogP contribution in [-0.2, 0) is 11.3 Å². The predicted octanol–water partition coefficient (Wildman–Crippen LogP) is 2.42. The second kappa shape index (κ2) is 6.88. The number of benzene rings is 1. The molecular weight excluding hydrogens is 308 g/mol. The Morgan fingerprint density at radius 2 is 2.04 bits per heavy atom. The summed E-state index contributed by atoms with van der Waals surface area (Å²) < 4.78 is 11.1. The van der Waals surface area contributed by atoms with Crippen LogP contribution in [0.5, 0.6) is 11.5 Å². The molecule has 1 N–H and O–H groups in total. The van der Waals surface area contributed by atoms with E-state index in [1.807, 2.05) is 13.0 Å². The summed E-state index contributed by atoms with van der Waals surface area (Å²) in [5, 5.41) is 9.72. The molecule has 0 spiro atoms. The molecule has 0 bridgehead atoms. The van der Waals surface area contributed by atoms with Gasteiger partial charge >= 0.3 is 5.97 Å². The molecule has 0 radical (unpaired) electrons. The van der Waals surface area contributed by atoms with Crippen molar-refractivity contribution < 1.29 is 19.4 Å². The maximum Gasteiger partial charge on any atom is 0.325 e. The number of hydrogen-bond acceptors (Lipinski definition) is 5. The molecule has 6 nitrogen and oxygen atoms in total. The van der Waals surface area contributed by atoms with Gasteiger partial charge in [-0.1, -0.05) is 6.07 Å². The lowest BCUT2D eigenvalue weighted by Crippen LogP contribution is -2.31. The molecule has 0 fully saturated rings. The zero-order valence-electron chi connectivity index (χ0n) is 13.7. The van der Waals surface area contributed by atoms with Crippen LogP contribution in [0.15, 0.2) is 36.7 Å². The van der Waals surface area contributed by atoms with E-state index >= 15 is 0 Å². The minimum atomic E-state index is -0.902. The number of aliphatic carboxylic acids is 1. The summed E-state index contributed by atoms with van der Waals surface area (Å²) in [4.78, 5) is 17.7. The summed E-state index contributed by atoms with van der Waals surface area (Å²) >= 11 is 0. The SMILES string of the molecule is Cc1cnccc1CN(C)[C@@H](C(=O)O)c1ccc2c(c1)OCCO2. The molecular formula is C18H20N2O4. The maximum atomic E-state index is 11.9. The molecule has 0 saturated carbocycles. The Kier molecular flexibility index (Phi) is 4.66. The van der Waals surface area contributed by atoms with Crippen LogP contribution in [0.2, 0.25) is 0 Å². The molecule has 1 aromatic carbocycles. The largest absolute Gasteiger partial charge is 0.486 e. The van der Waals surface area contributed by atoms with Gasteiger partial charge in [0.05, 0.1) is 0 Å². The van der Waals surface area contributed by atoms with Gasteiger partial charge in [-0.15, -0.1) is 0 Å². The van der Waals surface area contributed by atoms with Crippen LogP contribution < -0.4 is 9.47 Å². The zero-order chi connectivity index (χ0) is 17.1. The van der Waals surface area contributed by atoms with Gasteiger partial charge in [0.15, 0.2) is 11.5 Å². The minimum Gasteiger partial charge on any atom is -0.486 e. The van der Waals surface area contributed by atoms with Crippen molar-refractivity contribution in [3.05, 3.63) is 53.3 Å². The maximum absolute atomic E-state index is 11.9. The molecule has 0 unspecified atom stereocenters. The van der Waals surface area contributed by atoms with Crippen molar-refractivity contribution in [2.75, 3.05) is 20.3 Å². The number of hydrogen-bond donors (Lipinski definition) is 1. The molecule has 0 saturated heterocycles. The first-order chi connectivity index (χ1) is 11.6. The number of aromatic nitrogens is 1. The molecule has 3 rings (SSSR count). The Morgan fingerprint density at radius 3 is 2.75 bits per heavy atom. The highest BCUT2D eigenvalue weighted by atomic mass is 16.6. The van der Waals surface area contributed by atoms with E-state index in [0.717, 1.165) is 11.1 Å². The predicted molar refractivity (Wildman–Crippen MR) is 88.2 cm³/mol. The van der Waals surface area contributed by atoms with Crippen molar-refractivity contribution in [1.82, 2.24) is 9.88 Å². The van der Waals surface area contributed by atoms with Gasteiger partial charge in [-0.05, 0) is 48.9 Å². The summed E-state index contributed by atoms with van der Waals surface area (Å²) in [5.41, 5.74) is 2.76. The molecule has 2 heterocycles. The van der Waals surface area contributed by atoms with E-state index in [0.29, 0.717) is 36.8 Å². The molecule has 0 aliphatic carbocycles. The number of fused-ring (bicyclic) bond motifs is 1. The van der Waals surface area contributed by atoms with E-state index < -0.39 is 12.0 Å². The second-order valence-electron chi connectivity index (χ2n) is 5.86. The third-order valence-corrected chi connectivity index (χ3v) is 4.11. The highest BCUT2D eigenvalue weighted by molar-refractivity contribution is 5.76. The lowest BCUT2D eigenvalue weighted by molar-refractivity contribution is -0.143. The Hall–Kier alpha value is -2.60. The highest BCUT2D eigenvalue weighted by Gasteiger charge is 2.27. The highest BCUT2D eigenvalue weighted by Crippen LogP contribution is 2.34. The summed E-state index contributed by atoms with van der Waals surface area (Å²) in [5.74, 6) is 0.348. The van der Waals surface area contributed by atoms with Crippen LogP contribution in [0.4, 0.5) is 0 Å². The summed E-state index contributed by atoms with van der Waals surface area (Å²) in [6, 6.07) is 6.44. The van der Waals surface area contributed by atoms with Crippen molar-refractivity contribution in [2.45, 2.75) is 19.5 Å². The number of pyridine rings is 1. The molecule has 2 aromatic rings. The van der Waals surface area contributed by atoms with Gasteiger partial charge in [-0.2, -0.15) is 0 Å². The molecule has 24 heavy (non-hydrogen) atoms. The quantitative estimate of drug-likeness (QED) is 0.909. The van der Waals surface area contributed by atoms with Crippen molar-refractivity contribution >= 4 is 5.97 Å². The van der Waals surface area contributed by atoms with Crippen molar-refractivity contribution in [2.24, 2.45) is 0 Å². The van der Waals surface area contributed by atoms with Crippen LogP contribution in [0.3, 0.4) is 0 Å². The summed E-state index contributed by atoms with van der Waals surface area (Å²) in [6.45, 7) is 3.46. The number of likely N-dealkylation sites (N-methyl/N-ethyl adjacent to an activating group) is 1. The van der Waals surface area contributed by atoms with E-state index in [-0.39, 0.29) is 0 Å². The second-order valence-corrected chi connectivity index (χ2v) is 5.86. The summed E-state index contributed by atoms with van der Waals surface area (Å²) in [7, 11) is 1.80. The molecule has 1 aromatic heterocycles. The van der Waals surface area contributed by atoms with Crippen molar-refractivity contribution in [3.8, 4) is 11.5 Å². The molecule has 1 atom stereocenters.